The number of hydrogen-bond acceptors (Lipinski definition) is 4. The molecular formula is C17H33NO5Si. The maximum absolute atomic E-state index is 12.3. The number of carboxylic acids is 1. The van der Waals surface area contributed by atoms with Crippen LogP contribution in [-0.4, -0.2) is 55.2 Å². The minimum Gasteiger partial charge on any atom is -0.480 e. The minimum atomic E-state index is -1.89. The van der Waals surface area contributed by atoms with E-state index in [4.69, 9.17) is 9.16 Å². The summed E-state index contributed by atoms with van der Waals surface area (Å²) in [5.74, 6) is -0.969. The Kier molecular flexibility index (Phi) is 6.14. The Hall–Kier alpha value is -1.08. The van der Waals surface area contributed by atoms with Gasteiger partial charge in [0.15, 0.2) is 8.32 Å². The fourth-order valence-corrected chi connectivity index (χ4v) is 3.43. The first-order valence-corrected chi connectivity index (χ1v) is 11.4. The number of carboxylic acid groups (broad SMARTS) is 1. The van der Waals surface area contributed by atoms with Gasteiger partial charge in [-0.2, -0.15) is 0 Å². The van der Waals surface area contributed by atoms with Crippen molar-refractivity contribution in [2.45, 2.75) is 77.7 Å². The van der Waals surface area contributed by atoms with Gasteiger partial charge in [0.25, 0.3) is 0 Å². The largest absolute Gasteiger partial charge is 0.480 e. The van der Waals surface area contributed by atoms with Crippen molar-refractivity contribution in [1.82, 2.24) is 4.90 Å². The van der Waals surface area contributed by atoms with E-state index in [0.717, 1.165) is 0 Å². The number of likely N-dealkylation sites (tertiary alicyclic amines) is 1. The van der Waals surface area contributed by atoms with Gasteiger partial charge in [-0.1, -0.05) is 20.8 Å². The normalized spacial score (nSPS) is 22.6. The van der Waals surface area contributed by atoms with E-state index in [-0.39, 0.29) is 11.0 Å². The second kappa shape index (κ2) is 7.04. The lowest BCUT2D eigenvalue weighted by atomic mass is 10.1. The zero-order valence-corrected chi connectivity index (χ0v) is 17.3. The Bertz CT molecular complexity index is 478. The van der Waals surface area contributed by atoms with Crippen LogP contribution in [0.5, 0.6) is 0 Å². The van der Waals surface area contributed by atoms with Gasteiger partial charge in [-0.15, -0.1) is 0 Å². The summed E-state index contributed by atoms with van der Waals surface area (Å²) in [5, 5.41) is 9.52. The molecule has 0 aromatic rings. The lowest BCUT2D eigenvalue weighted by molar-refractivity contribution is -0.142. The van der Waals surface area contributed by atoms with Crippen LogP contribution in [0.3, 0.4) is 0 Å². The molecule has 140 valence electrons. The summed E-state index contributed by atoms with van der Waals surface area (Å²) in [4.78, 5) is 25.1. The van der Waals surface area contributed by atoms with Crippen molar-refractivity contribution in [1.29, 1.82) is 0 Å². The summed E-state index contributed by atoms with van der Waals surface area (Å²) in [7, 11) is -1.89. The number of ether oxygens (including phenoxy) is 1. The van der Waals surface area contributed by atoms with E-state index in [1.54, 1.807) is 20.8 Å². The zero-order chi connectivity index (χ0) is 18.9. The average molecular weight is 360 g/mol. The molecule has 24 heavy (non-hydrogen) atoms. The molecule has 1 aliphatic rings. The van der Waals surface area contributed by atoms with Crippen molar-refractivity contribution in [2.24, 2.45) is 5.92 Å². The number of hydrogen-bond donors (Lipinski definition) is 1. The smallest absolute Gasteiger partial charge is 0.411 e. The molecule has 7 heteroatoms. The van der Waals surface area contributed by atoms with Gasteiger partial charge in [-0.3, -0.25) is 4.90 Å². The molecule has 6 nitrogen and oxygen atoms in total. The standard InChI is InChI=1S/C17H33NO5Si/c1-16(2,3)23-15(21)18-10-12(9-13(18)14(19)20)11-22-24(7,8)17(4,5)6/h12-13H,9-11H2,1-8H3,(H,19,20)/t12?,13-/m0/s1. The molecule has 1 rings (SSSR count). The number of amides is 1. The number of nitrogens with zero attached hydrogens (tertiary/aromatic N) is 1. The first-order valence-electron chi connectivity index (χ1n) is 8.50. The van der Waals surface area contributed by atoms with E-state index in [1.165, 1.54) is 4.90 Å². The van der Waals surface area contributed by atoms with Crippen molar-refractivity contribution < 1.29 is 23.9 Å². The lowest BCUT2D eigenvalue weighted by Gasteiger charge is -2.37. The van der Waals surface area contributed by atoms with Gasteiger partial charge in [0, 0.05) is 19.1 Å². The maximum atomic E-state index is 12.3. The second-order valence-electron chi connectivity index (χ2n) is 9.16. The van der Waals surface area contributed by atoms with Crippen LogP contribution in [-0.2, 0) is 14.0 Å². The fraction of sp³-hybridized carbons (Fsp3) is 0.882. The predicted molar refractivity (Wildman–Crippen MR) is 95.6 cm³/mol. The third-order valence-electron chi connectivity index (χ3n) is 4.79. The molecule has 1 N–H and O–H groups in total. The SMILES string of the molecule is CC(C)(C)OC(=O)N1CC(CO[Si](C)(C)C(C)(C)C)C[C@H]1C(=O)O. The Balaban J connectivity index is 2.75. The van der Waals surface area contributed by atoms with Gasteiger partial charge in [-0.25, -0.2) is 9.59 Å². The van der Waals surface area contributed by atoms with Crippen LogP contribution in [0.4, 0.5) is 4.79 Å². The molecule has 0 radical (unpaired) electrons. The highest BCUT2D eigenvalue weighted by Gasteiger charge is 2.43. The maximum Gasteiger partial charge on any atom is 0.411 e. The lowest BCUT2D eigenvalue weighted by Crippen LogP contribution is -2.43. The molecule has 2 atom stereocenters. The highest BCUT2D eigenvalue weighted by Crippen LogP contribution is 2.37. The second-order valence-corrected chi connectivity index (χ2v) is 14.0. The Morgan fingerprint density at radius 3 is 2.12 bits per heavy atom. The molecule has 0 saturated carbocycles. The van der Waals surface area contributed by atoms with Crippen molar-refractivity contribution in [3.63, 3.8) is 0 Å². The van der Waals surface area contributed by atoms with Crippen LogP contribution in [0, 0.1) is 5.92 Å². The van der Waals surface area contributed by atoms with Gasteiger partial charge < -0.3 is 14.3 Å². The van der Waals surface area contributed by atoms with E-state index in [9.17, 15) is 14.7 Å². The molecule has 0 aromatic heterocycles. The monoisotopic (exact) mass is 359 g/mol. The molecule has 0 aromatic carbocycles. The van der Waals surface area contributed by atoms with Gasteiger partial charge in [0.1, 0.15) is 11.6 Å². The molecule has 1 saturated heterocycles. The van der Waals surface area contributed by atoms with Gasteiger partial charge in [0.2, 0.25) is 0 Å². The van der Waals surface area contributed by atoms with Crippen LogP contribution >= 0.6 is 0 Å². The predicted octanol–water partition coefficient (Wildman–Crippen LogP) is 3.72. The Morgan fingerprint density at radius 2 is 1.71 bits per heavy atom. The third kappa shape index (κ3) is 5.48. The zero-order valence-electron chi connectivity index (χ0n) is 16.3. The molecule has 1 amide bonds. The summed E-state index contributed by atoms with van der Waals surface area (Å²) in [6, 6.07) is -0.840. The van der Waals surface area contributed by atoms with Crippen LogP contribution in [0.1, 0.15) is 48.0 Å². The van der Waals surface area contributed by atoms with E-state index < -0.39 is 32.0 Å². The quantitative estimate of drug-likeness (QED) is 0.774. The first-order chi connectivity index (χ1) is 10.6. The molecule has 0 spiro atoms. The van der Waals surface area contributed by atoms with Crippen LogP contribution in [0.15, 0.2) is 0 Å². The van der Waals surface area contributed by atoms with Gasteiger partial charge in [0.05, 0.1) is 0 Å². The molecule has 1 fully saturated rings. The molecule has 1 heterocycles. The average Bonchev–Trinajstić information content (AvgIpc) is 2.77. The molecular weight excluding hydrogens is 326 g/mol. The molecule has 0 bridgehead atoms. The summed E-state index contributed by atoms with van der Waals surface area (Å²) in [6.45, 7) is 17.0. The van der Waals surface area contributed by atoms with Crippen LogP contribution < -0.4 is 0 Å². The topological polar surface area (TPSA) is 76.1 Å². The molecule has 0 aliphatic carbocycles. The fourth-order valence-electron chi connectivity index (χ4n) is 2.34. The summed E-state index contributed by atoms with van der Waals surface area (Å²) < 4.78 is 11.5. The highest BCUT2D eigenvalue weighted by atomic mass is 28.4. The molecule has 1 aliphatic heterocycles. The van der Waals surface area contributed by atoms with Crippen molar-refractivity contribution in [3.8, 4) is 0 Å². The van der Waals surface area contributed by atoms with Crippen molar-refractivity contribution in [3.05, 3.63) is 0 Å². The van der Waals surface area contributed by atoms with Gasteiger partial charge in [-0.05, 0) is 45.3 Å². The van der Waals surface area contributed by atoms with E-state index >= 15 is 0 Å². The third-order valence-corrected chi connectivity index (χ3v) is 9.29. The Labute approximate surface area is 146 Å². The Morgan fingerprint density at radius 1 is 1.17 bits per heavy atom. The summed E-state index contributed by atoms with van der Waals surface area (Å²) in [6.07, 6.45) is -0.159. The van der Waals surface area contributed by atoms with Crippen LogP contribution in [0.25, 0.3) is 0 Å². The minimum absolute atomic E-state index is 0.0211. The van der Waals surface area contributed by atoms with E-state index in [2.05, 4.69) is 33.9 Å². The van der Waals surface area contributed by atoms with Crippen molar-refractivity contribution in [2.75, 3.05) is 13.2 Å². The number of aliphatic carboxylic acids is 1. The summed E-state index contributed by atoms with van der Waals surface area (Å²) >= 11 is 0. The van der Waals surface area contributed by atoms with Gasteiger partial charge >= 0.3 is 12.1 Å². The van der Waals surface area contributed by atoms with E-state index in [1.807, 2.05) is 0 Å². The highest BCUT2D eigenvalue weighted by molar-refractivity contribution is 6.74. The van der Waals surface area contributed by atoms with E-state index in [0.29, 0.717) is 19.6 Å². The number of carbonyl (C=O) groups excluding carboxylic acids is 1. The number of carbonyl (C=O) groups is 2. The molecule has 1 unspecified atom stereocenters. The first kappa shape index (κ1) is 21.0. The van der Waals surface area contributed by atoms with Crippen LogP contribution in [0.2, 0.25) is 18.1 Å². The summed E-state index contributed by atoms with van der Waals surface area (Å²) in [5.41, 5.74) is -0.643. The van der Waals surface area contributed by atoms with Crippen molar-refractivity contribution >= 4 is 20.4 Å². The number of rotatable bonds is 4.